The quantitative estimate of drug-likeness (QED) is 0.685. The Hall–Kier alpha value is 0.160. The molecule has 0 amide bonds. The zero-order chi connectivity index (χ0) is 13.6. The van der Waals surface area contributed by atoms with Gasteiger partial charge in [0.05, 0.1) is 5.75 Å². The lowest BCUT2D eigenvalue weighted by molar-refractivity contribution is 0.314. The second kappa shape index (κ2) is 7.56. The highest BCUT2D eigenvalue weighted by Crippen LogP contribution is 2.08. The van der Waals surface area contributed by atoms with Gasteiger partial charge in [-0.2, -0.15) is 0 Å². The fourth-order valence-electron chi connectivity index (χ4n) is 1.48. The van der Waals surface area contributed by atoms with E-state index in [1.807, 2.05) is 39.8 Å². The first kappa shape index (κ1) is 17.2. The maximum absolute atomic E-state index is 11.9. The van der Waals surface area contributed by atoms with E-state index in [1.165, 1.54) is 0 Å². The summed E-state index contributed by atoms with van der Waals surface area (Å²) < 4.78 is 26.6. The fourth-order valence-corrected chi connectivity index (χ4v) is 3.49. The van der Waals surface area contributed by atoms with Crippen LogP contribution in [0.5, 0.6) is 0 Å². The van der Waals surface area contributed by atoms with Gasteiger partial charge in [0.15, 0.2) is 0 Å². The zero-order valence-electron chi connectivity index (χ0n) is 11.4. The van der Waals surface area contributed by atoms with Gasteiger partial charge in [-0.1, -0.05) is 20.8 Å². The second-order valence-corrected chi connectivity index (χ2v) is 7.38. The number of rotatable bonds is 8. The van der Waals surface area contributed by atoms with Gasteiger partial charge < -0.3 is 4.90 Å². The van der Waals surface area contributed by atoms with Crippen LogP contribution >= 0.6 is 11.6 Å². The van der Waals surface area contributed by atoms with Crippen molar-refractivity contribution in [1.82, 2.24) is 9.62 Å². The largest absolute Gasteiger partial charge is 0.308 e. The smallest absolute Gasteiger partial charge is 0.212 e. The minimum absolute atomic E-state index is 0.0265. The van der Waals surface area contributed by atoms with Gasteiger partial charge >= 0.3 is 0 Å². The van der Waals surface area contributed by atoms with Crippen LogP contribution in [-0.4, -0.2) is 51.6 Å². The Morgan fingerprint density at radius 1 is 1.24 bits per heavy atom. The van der Waals surface area contributed by atoms with Gasteiger partial charge in [-0.15, -0.1) is 11.6 Å². The molecule has 0 aliphatic carbocycles. The molecule has 0 saturated heterocycles. The number of hydrogen-bond acceptors (Lipinski definition) is 3. The van der Waals surface area contributed by atoms with E-state index in [1.54, 1.807) is 0 Å². The Kier molecular flexibility index (Phi) is 7.63. The highest BCUT2D eigenvalue weighted by atomic mass is 35.5. The summed E-state index contributed by atoms with van der Waals surface area (Å²) in [6.45, 7) is 6.57. The van der Waals surface area contributed by atoms with Gasteiger partial charge in [0, 0.05) is 18.5 Å². The lowest BCUT2D eigenvalue weighted by atomic mass is 10.1. The van der Waals surface area contributed by atoms with Crippen LogP contribution < -0.4 is 4.72 Å². The summed E-state index contributed by atoms with van der Waals surface area (Å²) in [4.78, 5) is 1.98. The van der Waals surface area contributed by atoms with Crippen molar-refractivity contribution < 1.29 is 8.42 Å². The lowest BCUT2D eigenvalue weighted by Crippen LogP contribution is -2.46. The molecule has 0 aromatic heterocycles. The molecule has 0 fully saturated rings. The van der Waals surface area contributed by atoms with E-state index < -0.39 is 10.0 Å². The molecule has 0 spiro atoms. The van der Waals surface area contributed by atoms with Crippen LogP contribution in [0.15, 0.2) is 0 Å². The third kappa shape index (κ3) is 7.97. The van der Waals surface area contributed by atoms with Crippen molar-refractivity contribution in [3.63, 3.8) is 0 Å². The van der Waals surface area contributed by atoms with Crippen molar-refractivity contribution in [1.29, 1.82) is 0 Å². The van der Waals surface area contributed by atoms with Gasteiger partial charge in [-0.05, 0) is 25.9 Å². The molecule has 104 valence electrons. The molecule has 6 heteroatoms. The van der Waals surface area contributed by atoms with Crippen LogP contribution in [0, 0.1) is 11.8 Å². The summed E-state index contributed by atoms with van der Waals surface area (Å²) >= 11 is 5.64. The number of hydrogen-bond donors (Lipinski definition) is 1. The highest BCUT2D eigenvalue weighted by Gasteiger charge is 2.22. The molecule has 0 aliphatic rings. The zero-order valence-corrected chi connectivity index (χ0v) is 13.0. The summed E-state index contributed by atoms with van der Waals surface area (Å²) in [6, 6.07) is -0.0578. The Balaban J connectivity index is 4.53. The third-order valence-electron chi connectivity index (χ3n) is 2.46. The van der Waals surface area contributed by atoms with E-state index in [0.717, 1.165) is 0 Å². The Labute approximate surface area is 111 Å². The number of nitrogens with zero attached hydrogens (tertiary/aromatic N) is 1. The van der Waals surface area contributed by atoms with Gasteiger partial charge in [0.1, 0.15) is 0 Å². The minimum atomic E-state index is -3.24. The molecule has 0 radical (unpaired) electrons. The normalized spacial score (nSPS) is 16.5. The van der Waals surface area contributed by atoms with Crippen molar-refractivity contribution in [2.45, 2.75) is 26.8 Å². The number of sulfonamides is 1. The standard InChI is InChI=1S/C11H25ClN2O2S/c1-9(2)11(7-14(4)5)13-17(15,16)8-10(3)6-12/h9-11,13H,6-8H2,1-5H3. The Morgan fingerprint density at radius 3 is 2.12 bits per heavy atom. The second-order valence-electron chi connectivity index (χ2n) is 5.27. The van der Waals surface area contributed by atoms with E-state index in [4.69, 9.17) is 11.6 Å². The number of nitrogens with one attached hydrogen (secondary N) is 1. The van der Waals surface area contributed by atoms with Crippen LogP contribution in [0.3, 0.4) is 0 Å². The topological polar surface area (TPSA) is 49.4 Å². The fraction of sp³-hybridized carbons (Fsp3) is 1.00. The van der Waals surface area contributed by atoms with E-state index >= 15 is 0 Å². The molecular formula is C11H25ClN2O2S. The van der Waals surface area contributed by atoms with Crippen molar-refractivity contribution in [3.8, 4) is 0 Å². The predicted octanol–water partition coefficient (Wildman–Crippen LogP) is 1.37. The van der Waals surface area contributed by atoms with Crippen LogP contribution in [0.2, 0.25) is 0 Å². The Bertz CT molecular complexity index is 305. The van der Waals surface area contributed by atoms with Crippen LogP contribution in [0.25, 0.3) is 0 Å². The summed E-state index contributed by atoms with van der Waals surface area (Å²) in [7, 11) is 0.627. The number of halogens is 1. The van der Waals surface area contributed by atoms with Crippen molar-refractivity contribution >= 4 is 21.6 Å². The molecular weight excluding hydrogens is 260 g/mol. The summed E-state index contributed by atoms with van der Waals surface area (Å²) in [5.41, 5.74) is 0. The molecule has 0 heterocycles. The lowest BCUT2D eigenvalue weighted by Gasteiger charge is -2.25. The van der Waals surface area contributed by atoms with Crippen molar-refractivity contribution in [3.05, 3.63) is 0 Å². The molecule has 4 nitrogen and oxygen atoms in total. The molecule has 0 aromatic carbocycles. The summed E-state index contributed by atoms with van der Waals surface area (Å²) in [5.74, 6) is 0.688. The number of likely N-dealkylation sites (N-methyl/N-ethyl adjacent to an activating group) is 1. The van der Waals surface area contributed by atoms with Crippen molar-refractivity contribution in [2.24, 2.45) is 11.8 Å². The first-order valence-electron chi connectivity index (χ1n) is 5.88. The molecule has 2 atom stereocenters. The number of alkyl halides is 1. The maximum atomic E-state index is 11.9. The van der Waals surface area contributed by atoms with Crippen LogP contribution in [-0.2, 0) is 10.0 Å². The molecule has 0 aromatic rings. The monoisotopic (exact) mass is 284 g/mol. The molecule has 1 N–H and O–H groups in total. The molecule has 17 heavy (non-hydrogen) atoms. The van der Waals surface area contributed by atoms with Crippen LogP contribution in [0.4, 0.5) is 0 Å². The van der Waals surface area contributed by atoms with E-state index in [9.17, 15) is 8.42 Å². The van der Waals surface area contributed by atoms with Gasteiger partial charge in [0.2, 0.25) is 10.0 Å². The Morgan fingerprint density at radius 2 is 1.76 bits per heavy atom. The summed E-state index contributed by atoms with van der Waals surface area (Å²) in [5, 5.41) is 0. The SMILES string of the molecule is CC(CCl)CS(=O)(=O)NC(CN(C)C)C(C)C. The molecule has 0 rings (SSSR count). The molecule has 0 bridgehead atoms. The average molecular weight is 285 g/mol. The van der Waals surface area contributed by atoms with E-state index in [2.05, 4.69) is 4.72 Å². The first-order valence-corrected chi connectivity index (χ1v) is 8.07. The van der Waals surface area contributed by atoms with Crippen LogP contribution in [0.1, 0.15) is 20.8 Å². The molecule has 0 aliphatic heterocycles. The van der Waals surface area contributed by atoms with Gasteiger partial charge in [0.25, 0.3) is 0 Å². The van der Waals surface area contributed by atoms with Gasteiger partial charge in [-0.3, -0.25) is 0 Å². The van der Waals surface area contributed by atoms with Gasteiger partial charge in [-0.25, -0.2) is 13.1 Å². The molecule has 2 unspecified atom stereocenters. The maximum Gasteiger partial charge on any atom is 0.212 e. The molecule has 0 saturated carbocycles. The van der Waals surface area contributed by atoms with E-state index in [0.29, 0.717) is 12.4 Å². The average Bonchev–Trinajstić information content (AvgIpc) is 2.14. The third-order valence-corrected chi connectivity index (χ3v) is 4.66. The predicted molar refractivity (Wildman–Crippen MR) is 74.0 cm³/mol. The summed E-state index contributed by atoms with van der Waals surface area (Å²) in [6.07, 6.45) is 0. The first-order chi connectivity index (χ1) is 7.68. The highest BCUT2D eigenvalue weighted by molar-refractivity contribution is 7.89. The van der Waals surface area contributed by atoms with E-state index in [-0.39, 0.29) is 23.6 Å². The minimum Gasteiger partial charge on any atom is -0.308 e. The van der Waals surface area contributed by atoms with Crippen molar-refractivity contribution in [2.75, 3.05) is 32.3 Å².